The molecule has 0 amide bonds. The molecule has 1 aromatic rings. The molecule has 5 nitrogen and oxygen atoms in total. The summed E-state index contributed by atoms with van der Waals surface area (Å²) in [7, 11) is -2.11. The molecule has 1 atom stereocenters. The minimum absolute atomic E-state index is 0. The van der Waals surface area contributed by atoms with E-state index >= 15 is 0 Å². The predicted molar refractivity (Wildman–Crippen MR) is 116 cm³/mol. The van der Waals surface area contributed by atoms with Crippen LogP contribution in [0.2, 0.25) is 39.3 Å². The molecule has 1 heterocycles. The first-order valence-corrected chi connectivity index (χ1v) is 16.8. The summed E-state index contributed by atoms with van der Waals surface area (Å²) in [5, 5.41) is 3.46. The summed E-state index contributed by atoms with van der Waals surface area (Å²) in [5.74, 6) is 0. The Bertz CT molecular complexity index is 663. The van der Waals surface area contributed by atoms with E-state index in [4.69, 9.17) is 23.3 Å². The summed E-state index contributed by atoms with van der Waals surface area (Å²) in [4.78, 5) is 1.03. The summed E-state index contributed by atoms with van der Waals surface area (Å²) in [6, 6.07) is 11.1. The Morgan fingerprint density at radius 2 is 0.967 bits per heavy atom. The first-order valence-electron chi connectivity index (χ1n) is 8.21. The maximum atomic E-state index is 7.50. The van der Waals surface area contributed by atoms with Crippen molar-refractivity contribution in [2.45, 2.75) is 51.1 Å². The molecule has 1 aliphatic heterocycles. The second-order valence-corrected chi connectivity index (χ2v) is 22.3. The van der Waals surface area contributed by atoms with Crippen molar-refractivity contribution in [3.63, 3.8) is 0 Å². The number of allylic oxidation sites excluding steroid dienone is 1. The Labute approximate surface area is 198 Å². The zero-order valence-electron chi connectivity index (χ0n) is 18.4. The maximum absolute atomic E-state index is 7.50. The molecule has 0 fully saturated rings. The SMILES string of the molecule is CC1=C(c2ccccc2)[P@]1C([Si](C)(C)C)[Si](C)(C)C.[C-]#[O+].[C-]#[O+].[C-]#[O+].[C-]#[O+].[C-]#[O+].[W]. The Hall–Kier alpha value is -0.788. The molecule has 0 radical (unpaired) electrons. The van der Waals surface area contributed by atoms with Crippen LogP contribution in [0.5, 0.6) is 0 Å². The minimum atomic E-state index is -1.09. The minimum Gasteiger partial charge on any atom is 0 e. The molecule has 0 bridgehead atoms. The van der Waals surface area contributed by atoms with Gasteiger partial charge in [-0.15, -0.1) is 0 Å². The Morgan fingerprint density at radius 3 is 1.23 bits per heavy atom. The van der Waals surface area contributed by atoms with Crippen molar-refractivity contribution in [1.29, 1.82) is 0 Å². The molecular formula is C21H27O5PSi2W. The Kier molecular flexibility index (Phi) is 28.4. The van der Waals surface area contributed by atoms with Gasteiger partial charge in [0.05, 0.1) is 0 Å². The van der Waals surface area contributed by atoms with Crippen molar-refractivity contribution >= 4 is 29.4 Å². The van der Waals surface area contributed by atoms with E-state index in [2.05, 4.69) is 110 Å². The van der Waals surface area contributed by atoms with Gasteiger partial charge in [0.1, 0.15) is 0 Å². The number of hydrogen-bond donors (Lipinski definition) is 0. The fourth-order valence-corrected chi connectivity index (χ4v) is 24.0. The second kappa shape index (κ2) is 21.4. The van der Waals surface area contributed by atoms with Gasteiger partial charge in [0.25, 0.3) is 0 Å². The molecule has 0 unspecified atom stereocenters. The average Bonchev–Trinajstić information content (AvgIpc) is 3.37. The molecule has 0 aromatic heterocycles. The van der Waals surface area contributed by atoms with E-state index in [-0.39, 0.29) is 29.0 Å². The van der Waals surface area contributed by atoms with Crippen molar-refractivity contribution in [3.8, 4) is 0 Å². The fourth-order valence-electron chi connectivity index (χ4n) is 3.61. The van der Waals surface area contributed by atoms with Crippen LogP contribution in [0, 0.1) is 33.3 Å². The van der Waals surface area contributed by atoms with Gasteiger partial charge in [-0.1, -0.05) is 69.6 Å². The van der Waals surface area contributed by atoms with Crippen LogP contribution in [0.15, 0.2) is 35.6 Å². The van der Waals surface area contributed by atoms with E-state index < -0.39 is 16.1 Å². The van der Waals surface area contributed by atoms with Crippen LogP contribution in [0.4, 0.5) is 0 Å². The summed E-state index contributed by atoms with van der Waals surface area (Å²) >= 11 is 0. The third kappa shape index (κ3) is 13.5. The zero-order valence-corrected chi connectivity index (χ0v) is 24.2. The molecule has 160 valence electrons. The second-order valence-electron chi connectivity index (χ2n) is 7.80. The van der Waals surface area contributed by atoms with Gasteiger partial charge in [-0.25, -0.2) is 0 Å². The Balaban J connectivity index is -0.000000166. The van der Waals surface area contributed by atoms with Crippen LogP contribution in [0.1, 0.15) is 12.5 Å². The summed E-state index contributed by atoms with van der Waals surface area (Å²) in [6.07, 6.45) is 0. The number of benzene rings is 1. The smallest absolute Gasteiger partial charge is 0 e. The van der Waals surface area contributed by atoms with Crippen molar-refractivity contribution in [2.24, 2.45) is 0 Å². The summed E-state index contributed by atoms with van der Waals surface area (Å²) in [5.41, 5.74) is 1.49. The first-order chi connectivity index (χ1) is 13.6. The molecule has 30 heavy (non-hydrogen) atoms. The van der Waals surface area contributed by atoms with Crippen LogP contribution < -0.4 is 0 Å². The molecule has 9 heteroatoms. The summed E-state index contributed by atoms with van der Waals surface area (Å²) in [6.45, 7) is 40.3. The summed E-state index contributed by atoms with van der Waals surface area (Å²) < 4.78 is 37.5. The molecule has 1 aromatic carbocycles. The predicted octanol–water partition coefficient (Wildman–Crippen LogP) is 5.80. The van der Waals surface area contributed by atoms with Gasteiger partial charge in [0, 0.05) is 37.2 Å². The quantitative estimate of drug-likeness (QED) is 0.174. The van der Waals surface area contributed by atoms with Gasteiger partial charge < -0.3 is 0 Å². The molecule has 0 aliphatic carbocycles. The van der Waals surface area contributed by atoms with Gasteiger partial charge in [-0.2, -0.15) is 0 Å². The molecular weight excluding hydrogens is 603 g/mol. The number of rotatable bonds is 4. The monoisotopic (exact) mass is 630 g/mol. The van der Waals surface area contributed by atoms with Crippen molar-refractivity contribution < 1.29 is 44.3 Å². The van der Waals surface area contributed by atoms with Gasteiger partial charge in [-0.3, -0.25) is 0 Å². The standard InChI is InChI=1S/C16H27PSi2.5CO.W/c1-13-15(14-11-9-8-10-12-14)17(13)16(18(2,3)4)19(5,6)7;5*1-2;/h8-12,16H,1-7H3;;;;;;/t17-;;;;;;/m1....../s1. The molecule has 0 spiro atoms. The van der Waals surface area contributed by atoms with Crippen LogP contribution >= 0.6 is 7.92 Å². The van der Waals surface area contributed by atoms with Gasteiger partial charge >= 0.3 is 56.5 Å². The molecule has 0 N–H and O–H groups in total. The fraction of sp³-hybridized carbons (Fsp3) is 0.381. The number of hydrogen-bond acceptors (Lipinski definition) is 0. The van der Waals surface area contributed by atoms with Crippen molar-refractivity contribution in [3.05, 3.63) is 74.5 Å². The zero-order chi connectivity index (χ0) is 24.4. The van der Waals surface area contributed by atoms with Gasteiger partial charge in [0.2, 0.25) is 0 Å². The molecule has 2 rings (SSSR count). The van der Waals surface area contributed by atoms with Crippen LogP contribution in [0.25, 0.3) is 5.31 Å². The third-order valence-electron chi connectivity index (χ3n) is 3.84. The van der Waals surface area contributed by atoms with E-state index in [0.29, 0.717) is 0 Å². The molecule has 1 aliphatic rings. The third-order valence-corrected chi connectivity index (χ3v) is 20.8. The Morgan fingerprint density at radius 1 is 0.667 bits per heavy atom. The average molecular weight is 630 g/mol. The van der Waals surface area contributed by atoms with E-state index in [1.165, 1.54) is 5.56 Å². The normalized spacial score (nSPS) is 13.1. The topological polar surface area (TPSA) is 99.5 Å². The van der Waals surface area contributed by atoms with E-state index in [9.17, 15) is 0 Å². The van der Waals surface area contributed by atoms with Crippen LogP contribution in [-0.2, 0) is 44.3 Å². The van der Waals surface area contributed by atoms with Crippen LogP contribution in [0.3, 0.4) is 0 Å². The van der Waals surface area contributed by atoms with Gasteiger partial charge in [-0.05, 0) is 35.9 Å². The van der Waals surface area contributed by atoms with E-state index in [1.54, 1.807) is 10.6 Å². The van der Waals surface area contributed by atoms with Crippen molar-refractivity contribution in [1.82, 2.24) is 0 Å². The first kappa shape index (κ1) is 39.7. The van der Waals surface area contributed by atoms with E-state index in [1.807, 2.05) is 0 Å². The van der Waals surface area contributed by atoms with Crippen LogP contribution in [-0.4, -0.2) is 21.1 Å². The van der Waals surface area contributed by atoms with Gasteiger partial charge in [0.15, 0.2) is 0 Å². The largest absolute Gasteiger partial charge is 0 e. The molecule has 0 saturated carbocycles. The maximum Gasteiger partial charge on any atom is 0 e. The molecule has 0 saturated heterocycles. The van der Waals surface area contributed by atoms with E-state index in [0.717, 1.165) is 4.91 Å². The van der Waals surface area contributed by atoms with Crippen molar-refractivity contribution in [2.75, 3.05) is 0 Å².